The van der Waals surface area contributed by atoms with E-state index in [9.17, 15) is 9.59 Å². The Morgan fingerprint density at radius 3 is 2.59 bits per heavy atom. The number of rotatable bonds is 2. The van der Waals surface area contributed by atoms with E-state index < -0.39 is 0 Å². The molecule has 0 radical (unpaired) electrons. The van der Waals surface area contributed by atoms with E-state index in [2.05, 4.69) is 0 Å². The number of carbonyl (C=O) groups is 2. The van der Waals surface area contributed by atoms with Gasteiger partial charge in [-0.3, -0.25) is 9.59 Å². The molecule has 0 aromatic heterocycles. The van der Waals surface area contributed by atoms with Gasteiger partial charge in [0.15, 0.2) is 11.5 Å². The van der Waals surface area contributed by atoms with Crippen LogP contribution in [-0.2, 0) is 9.59 Å². The van der Waals surface area contributed by atoms with E-state index >= 15 is 0 Å². The van der Waals surface area contributed by atoms with Crippen molar-refractivity contribution in [3.8, 4) is 17.2 Å². The number of fused-ring (bicyclic) bond motifs is 3. The number of carbonyl (C=O) groups excluding carboxylic acids is 2. The van der Waals surface area contributed by atoms with Crippen molar-refractivity contribution < 1.29 is 23.8 Å². The lowest BCUT2D eigenvalue weighted by atomic mass is 9.67. The van der Waals surface area contributed by atoms with Gasteiger partial charge in [0, 0.05) is 17.9 Å². The first-order valence-electron chi connectivity index (χ1n) is 7.86. The SMILES string of the molecule is O=C(Oc1ccc2c(c1)OCO2)C1C[C@H]2CCC[C@@H](C1)C2=O. The highest BCUT2D eigenvalue weighted by Gasteiger charge is 2.42. The van der Waals surface area contributed by atoms with Crippen molar-refractivity contribution in [2.24, 2.45) is 17.8 Å². The minimum absolute atomic E-state index is 0.0572. The van der Waals surface area contributed by atoms with Gasteiger partial charge in [-0.1, -0.05) is 6.42 Å². The Labute approximate surface area is 128 Å². The summed E-state index contributed by atoms with van der Waals surface area (Å²) in [5.41, 5.74) is 0. The van der Waals surface area contributed by atoms with Crippen LogP contribution in [0, 0.1) is 17.8 Å². The molecule has 0 spiro atoms. The van der Waals surface area contributed by atoms with Crippen LogP contribution in [0.25, 0.3) is 0 Å². The van der Waals surface area contributed by atoms with Crippen molar-refractivity contribution in [3.63, 3.8) is 0 Å². The third kappa shape index (κ3) is 2.34. The number of hydrogen-bond acceptors (Lipinski definition) is 5. The molecular weight excluding hydrogens is 284 g/mol. The summed E-state index contributed by atoms with van der Waals surface area (Å²) in [4.78, 5) is 24.5. The van der Waals surface area contributed by atoms with Crippen molar-refractivity contribution in [3.05, 3.63) is 18.2 Å². The summed E-state index contributed by atoms with van der Waals surface area (Å²) in [7, 11) is 0. The highest BCUT2D eigenvalue weighted by molar-refractivity contribution is 5.87. The molecule has 1 unspecified atom stereocenters. The number of benzene rings is 1. The van der Waals surface area contributed by atoms with Crippen molar-refractivity contribution in [2.45, 2.75) is 32.1 Å². The fraction of sp³-hybridized carbons (Fsp3) is 0.529. The van der Waals surface area contributed by atoms with Gasteiger partial charge in [0.1, 0.15) is 11.5 Å². The van der Waals surface area contributed by atoms with E-state index in [4.69, 9.17) is 14.2 Å². The van der Waals surface area contributed by atoms with E-state index in [1.54, 1.807) is 18.2 Å². The van der Waals surface area contributed by atoms with Gasteiger partial charge in [0.05, 0.1) is 5.92 Å². The van der Waals surface area contributed by atoms with Gasteiger partial charge >= 0.3 is 5.97 Å². The second kappa shape index (κ2) is 5.30. The molecule has 1 aromatic rings. The zero-order valence-corrected chi connectivity index (χ0v) is 12.2. The molecule has 0 N–H and O–H groups in total. The number of ketones is 1. The predicted molar refractivity (Wildman–Crippen MR) is 76.8 cm³/mol. The Morgan fingerprint density at radius 2 is 1.82 bits per heavy atom. The van der Waals surface area contributed by atoms with E-state index in [-0.39, 0.29) is 30.5 Å². The molecule has 3 aliphatic rings. The molecule has 4 rings (SSSR count). The zero-order valence-electron chi connectivity index (χ0n) is 12.2. The van der Waals surface area contributed by atoms with E-state index in [0.29, 0.717) is 35.9 Å². The van der Waals surface area contributed by atoms with Crippen LogP contribution in [0.3, 0.4) is 0 Å². The van der Waals surface area contributed by atoms with Gasteiger partial charge in [0.2, 0.25) is 6.79 Å². The lowest BCUT2D eigenvalue weighted by Gasteiger charge is -2.36. The summed E-state index contributed by atoms with van der Waals surface area (Å²) in [5.74, 6) is 1.80. The summed E-state index contributed by atoms with van der Waals surface area (Å²) >= 11 is 0. The fourth-order valence-electron chi connectivity index (χ4n) is 3.81. The molecule has 0 amide bonds. The monoisotopic (exact) mass is 302 g/mol. The molecule has 2 aliphatic carbocycles. The first kappa shape index (κ1) is 13.6. The van der Waals surface area contributed by atoms with E-state index in [0.717, 1.165) is 19.3 Å². The van der Waals surface area contributed by atoms with Gasteiger partial charge in [-0.15, -0.1) is 0 Å². The first-order chi connectivity index (χ1) is 10.7. The molecule has 5 heteroatoms. The van der Waals surface area contributed by atoms with Gasteiger partial charge in [-0.05, 0) is 37.8 Å². The lowest BCUT2D eigenvalue weighted by Crippen LogP contribution is -2.40. The highest BCUT2D eigenvalue weighted by Crippen LogP contribution is 2.41. The third-order valence-electron chi connectivity index (χ3n) is 4.94. The summed E-state index contributed by atoms with van der Waals surface area (Å²) in [6, 6.07) is 5.12. The highest BCUT2D eigenvalue weighted by atomic mass is 16.7. The number of esters is 1. The molecule has 1 aromatic carbocycles. The minimum atomic E-state index is -0.233. The molecule has 1 aliphatic heterocycles. The molecule has 2 bridgehead atoms. The number of hydrogen-bond donors (Lipinski definition) is 0. The largest absolute Gasteiger partial charge is 0.454 e. The van der Waals surface area contributed by atoms with Gasteiger partial charge in [0.25, 0.3) is 0 Å². The van der Waals surface area contributed by atoms with Gasteiger partial charge < -0.3 is 14.2 Å². The van der Waals surface area contributed by atoms with Crippen LogP contribution in [-0.4, -0.2) is 18.5 Å². The van der Waals surface area contributed by atoms with E-state index in [1.807, 2.05) is 0 Å². The Balaban J connectivity index is 1.45. The Hall–Kier alpha value is -2.04. The van der Waals surface area contributed by atoms with Crippen molar-refractivity contribution in [1.29, 1.82) is 0 Å². The smallest absolute Gasteiger partial charge is 0.314 e. The van der Waals surface area contributed by atoms with Crippen LogP contribution in [0.2, 0.25) is 0 Å². The number of Topliss-reactive ketones (excluding diaryl/α,β-unsaturated/α-hetero) is 1. The Morgan fingerprint density at radius 1 is 1.09 bits per heavy atom. The van der Waals surface area contributed by atoms with Crippen LogP contribution in [0.15, 0.2) is 18.2 Å². The zero-order chi connectivity index (χ0) is 15.1. The molecule has 1 heterocycles. The number of ether oxygens (including phenoxy) is 3. The van der Waals surface area contributed by atoms with Crippen LogP contribution in [0.4, 0.5) is 0 Å². The van der Waals surface area contributed by atoms with Crippen LogP contribution >= 0.6 is 0 Å². The maximum Gasteiger partial charge on any atom is 0.314 e. The molecular formula is C17H18O5. The summed E-state index contributed by atoms with van der Waals surface area (Å²) in [6.07, 6.45) is 4.22. The molecule has 2 fully saturated rings. The predicted octanol–water partition coefficient (Wildman–Crippen LogP) is 2.72. The molecule has 2 saturated carbocycles. The lowest BCUT2D eigenvalue weighted by molar-refractivity contribution is -0.145. The second-order valence-electron chi connectivity index (χ2n) is 6.33. The Bertz CT molecular complexity index is 607. The average Bonchev–Trinajstić information content (AvgIpc) is 2.94. The topological polar surface area (TPSA) is 61.8 Å². The third-order valence-corrected chi connectivity index (χ3v) is 4.94. The van der Waals surface area contributed by atoms with Crippen LogP contribution < -0.4 is 14.2 Å². The first-order valence-corrected chi connectivity index (χ1v) is 7.86. The summed E-state index contributed by atoms with van der Waals surface area (Å²) in [6.45, 7) is 0.195. The average molecular weight is 302 g/mol. The second-order valence-corrected chi connectivity index (χ2v) is 6.33. The molecule has 116 valence electrons. The van der Waals surface area contributed by atoms with Crippen molar-refractivity contribution >= 4 is 11.8 Å². The van der Waals surface area contributed by atoms with Crippen LogP contribution in [0.1, 0.15) is 32.1 Å². The van der Waals surface area contributed by atoms with E-state index in [1.165, 1.54) is 0 Å². The molecule has 5 nitrogen and oxygen atoms in total. The summed E-state index contributed by atoms with van der Waals surface area (Å²) < 4.78 is 16.0. The summed E-state index contributed by atoms with van der Waals surface area (Å²) in [5, 5.41) is 0. The minimum Gasteiger partial charge on any atom is -0.454 e. The van der Waals surface area contributed by atoms with Crippen molar-refractivity contribution in [1.82, 2.24) is 0 Å². The maximum absolute atomic E-state index is 12.4. The normalized spacial score (nSPS) is 29.3. The maximum atomic E-state index is 12.4. The standard InChI is InChI=1S/C17H18O5/c18-16-10-2-1-3-11(16)7-12(6-10)17(19)22-13-4-5-14-15(8-13)21-9-20-14/h4-5,8,10-12H,1-3,6-7,9H2/t10-,11+,12?. The molecule has 3 atom stereocenters. The van der Waals surface area contributed by atoms with Gasteiger partial charge in [-0.2, -0.15) is 0 Å². The van der Waals surface area contributed by atoms with Crippen LogP contribution in [0.5, 0.6) is 17.2 Å². The fourth-order valence-corrected chi connectivity index (χ4v) is 3.81. The van der Waals surface area contributed by atoms with Crippen molar-refractivity contribution in [2.75, 3.05) is 6.79 Å². The quantitative estimate of drug-likeness (QED) is 0.621. The Kier molecular flexibility index (Phi) is 3.28. The molecule has 0 saturated heterocycles. The molecule has 22 heavy (non-hydrogen) atoms. The van der Waals surface area contributed by atoms with Gasteiger partial charge in [-0.25, -0.2) is 0 Å².